The van der Waals surface area contributed by atoms with E-state index in [0.717, 1.165) is 13.0 Å². The Morgan fingerprint density at radius 3 is 2.75 bits per heavy atom. The molecule has 1 rings (SSSR count). The molecule has 0 spiro atoms. The Labute approximate surface area is 47.9 Å². The van der Waals surface area contributed by atoms with Gasteiger partial charge in [-0.15, -0.1) is 5.73 Å². The van der Waals surface area contributed by atoms with E-state index in [-0.39, 0.29) is 5.91 Å². The highest BCUT2D eigenvalue weighted by molar-refractivity contribution is 5.95. The van der Waals surface area contributed by atoms with Crippen LogP contribution in [0.2, 0.25) is 0 Å². The van der Waals surface area contributed by atoms with Crippen LogP contribution in [-0.2, 0) is 4.79 Å². The Morgan fingerprint density at radius 1 is 1.75 bits per heavy atom. The summed E-state index contributed by atoms with van der Waals surface area (Å²) in [5.74, 6) is -0.0139. The number of hydrogen-bond donors (Lipinski definition) is 1. The average Bonchev–Trinajstić information content (AvgIpc) is 2.14. The van der Waals surface area contributed by atoms with Crippen LogP contribution < -0.4 is 5.32 Å². The molecule has 0 aliphatic carbocycles. The molecule has 0 bridgehead atoms. The van der Waals surface area contributed by atoms with Crippen LogP contribution >= 0.6 is 0 Å². The molecule has 0 aromatic carbocycles. The zero-order valence-corrected chi connectivity index (χ0v) is 4.53. The van der Waals surface area contributed by atoms with Gasteiger partial charge < -0.3 is 5.32 Å². The molecule has 1 heterocycles. The smallest absolute Gasteiger partial charge is 0.255 e. The first-order chi connectivity index (χ1) is 3.84. The van der Waals surface area contributed by atoms with Crippen molar-refractivity contribution in [1.29, 1.82) is 0 Å². The van der Waals surface area contributed by atoms with Gasteiger partial charge in [0.1, 0.15) is 0 Å². The molecular weight excluding hydrogens is 102 g/mol. The van der Waals surface area contributed by atoms with Crippen LogP contribution in [0.15, 0.2) is 17.9 Å². The van der Waals surface area contributed by atoms with E-state index in [1.165, 1.54) is 0 Å². The molecule has 0 atom stereocenters. The van der Waals surface area contributed by atoms with Gasteiger partial charge in [-0.05, 0) is 0 Å². The predicted octanol–water partition coefficient (Wildman–Crippen LogP) is 0.218. The maximum atomic E-state index is 10.6. The van der Waals surface area contributed by atoms with Crippen molar-refractivity contribution in [3.8, 4) is 0 Å². The Hall–Kier alpha value is -1.01. The fraction of sp³-hybridized carbons (Fsp3) is 0.333. The topological polar surface area (TPSA) is 29.1 Å². The second kappa shape index (κ2) is 1.85. The summed E-state index contributed by atoms with van der Waals surface area (Å²) in [5.41, 5.74) is 3.25. The number of hydrogen-bond acceptors (Lipinski definition) is 1. The maximum absolute atomic E-state index is 10.6. The van der Waals surface area contributed by atoms with Crippen molar-refractivity contribution in [2.24, 2.45) is 0 Å². The molecule has 1 aliphatic heterocycles. The van der Waals surface area contributed by atoms with Gasteiger partial charge in [-0.25, -0.2) is 0 Å². The minimum atomic E-state index is -0.0139. The average molecular weight is 109 g/mol. The van der Waals surface area contributed by atoms with Gasteiger partial charge in [-0.1, -0.05) is 6.58 Å². The van der Waals surface area contributed by atoms with Crippen molar-refractivity contribution in [1.82, 2.24) is 5.32 Å². The first-order valence-corrected chi connectivity index (χ1v) is 2.51. The van der Waals surface area contributed by atoms with Crippen LogP contribution in [0.25, 0.3) is 0 Å². The molecule has 1 N–H and O–H groups in total. The predicted molar refractivity (Wildman–Crippen MR) is 30.3 cm³/mol. The normalized spacial score (nSPS) is 18.0. The van der Waals surface area contributed by atoms with Crippen LogP contribution in [0.4, 0.5) is 0 Å². The van der Waals surface area contributed by atoms with Gasteiger partial charge in [0.2, 0.25) is 0 Å². The van der Waals surface area contributed by atoms with Gasteiger partial charge in [0.05, 0.1) is 5.57 Å². The maximum Gasteiger partial charge on any atom is 0.255 e. The molecule has 1 fully saturated rings. The summed E-state index contributed by atoms with van der Waals surface area (Å²) in [5, 5.41) is 2.64. The van der Waals surface area contributed by atoms with E-state index in [4.69, 9.17) is 0 Å². The summed E-state index contributed by atoms with van der Waals surface area (Å²) >= 11 is 0. The van der Waals surface area contributed by atoms with Crippen molar-refractivity contribution in [2.45, 2.75) is 6.42 Å². The first-order valence-electron chi connectivity index (χ1n) is 2.51. The molecule has 42 valence electrons. The Balaban J connectivity index is 2.84. The highest BCUT2D eigenvalue weighted by atomic mass is 16.1. The van der Waals surface area contributed by atoms with Gasteiger partial charge in [0.25, 0.3) is 5.91 Å². The summed E-state index contributed by atoms with van der Waals surface area (Å²) < 4.78 is 0. The SMILES string of the molecule is C=C=C1CCNC1=O. The number of rotatable bonds is 0. The number of amides is 1. The largest absolute Gasteiger partial charge is 0.351 e. The fourth-order valence-electron chi connectivity index (χ4n) is 0.690. The highest BCUT2D eigenvalue weighted by Crippen LogP contribution is 2.03. The van der Waals surface area contributed by atoms with Gasteiger partial charge in [-0.3, -0.25) is 4.79 Å². The number of carbonyl (C=O) groups is 1. The first kappa shape index (κ1) is 5.13. The van der Waals surface area contributed by atoms with Gasteiger partial charge >= 0.3 is 0 Å². The van der Waals surface area contributed by atoms with Crippen LogP contribution in [0.1, 0.15) is 6.42 Å². The molecule has 0 unspecified atom stereocenters. The minimum absolute atomic E-state index is 0.0139. The molecule has 1 amide bonds. The molecule has 2 heteroatoms. The highest BCUT2D eigenvalue weighted by Gasteiger charge is 2.13. The molecule has 1 aliphatic rings. The molecule has 0 aromatic rings. The third kappa shape index (κ3) is 0.658. The molecule has 0 radical (unpaired) electrons. The van der Waals surface area contributed by atoms with Crippen molar-refractivity contribution in [3.05, 3.63) is 17.9 Å². The van der Waals surface area contributed by atoms with E-state index in [2.05, 4.69) is 17.6 Å². The molecule has 0 saturated carbocycles. The molecule has 1 saturated heterocycles. The second-order valence-corrected chi connectivity index (χ2v) is 1.66. The zero-order chi connectivity index (χ0) is 5.98. The Morgan fingerprint density at radius 2 is 2.50 bits per heavy atom. The monoisotopic (exact) mass is 109 g/mol. The molecule has 0 aromatic heterocycles. The third-order valence-corrected chi connectivity index (χ3v) is 1.15. The lowest BCUT2D eigenvalue weighted by atomic mass is 10.2. The van der Waals surface area contributed by atoms with Crippen LogP contribution in [0.5, 0.6) is 0 Å². The van der Waals surface area contributed by atoms with E-state index in [1.54, 1.807) is 0 Å². The lowest BCUT2D eigenvalue weighted by Crippen LogP contribution is -2.13. The van der Waals surface area contributed by atoms with Crippen molar-refractivity contribution in [2.75, 3.05) is 6.54 Å². The van der Waals surface area contributed by atoms with Gasteiger partial charge in [-0.2, -0.15) is 0 Å². The van der Waals surface area contributed by atoms with Crippen molar-refractivity contribution < 1.29 is 4.79 Å². The zero-order valence-electron chi connectivity index (χ0n) is 4.53. The standard InChI is InChI=1S/C6H7NO/c1-2-5-3-4-7-6(5)8/h1,3-4H2,(H,7,8). The second-order valence-electron chi connectivity index (χ2n) is 1.66. The minimum Gasteiger partial charge on any atom is -0.351 e. The van der Waals surface area contributed by atoms with Crippen LogP contribution in [0, 0.1) is 0 Å². The Kier molecular flexibility index (Phi) is 1.18. The lowest BCUT2D eigenvalue weighted by molar-refractivity contribution is -0.116. The van der Waals surface area contributed by atoms with Crippen LogP contribution in [-0.4, -0.2) is 12.5 Å². The van der Waals surface area contributed by atoms with Gasteiger partial charge in [0, 0.05) is 13.0 Å². The molecule has 2 nitrogen and oxygen atoms in total. The molecular formula is C6H7NO. The lowest BCUT2D eigenvalue weighted by Gasteiger charge is -1.82. The summed E-state index contributed by atoms with van der Waals surface area (Å²) in [7, 11) is 0. The summed E-state index contributed by atoms with van der Waals surface area (Å²) in [6.07, 6.45) is 0.780. The van der Waals surface area contributed by atoms with E-state index in [9.17, 15) is 4.79 Å². The Bertz CT molecular complexity index is 165. The van der Waals surface area contributed by atoms with Crippen LogP contribution in [0.3, 0.4) is 0 Å². The van der Waals surface area contributed by atoms with E-state index < -0.39 is 0 Å². The van der Waals surface area contributed by atoms with E-state index >= 15 is 0 Å². The molecule has 8 heavy (non-hydrogen) atoms. The van der Waals surface area contributed by atoms with Crippen molar-refractivity contribution >= 4 is 5.91 Å². The summed E-state index contributed by atoms with van der Waals surface area (Å²) in [6, 6.07) is 0. The number of carbonyl (C=O) groups excluding carboxylic acids is 1. The summed E-state index contributed by atoms with van der Waals surface area (Å²) in [6.45, 7) is 4.12. The van der Waals surface area contributed by atoms with Crippen molar-refractivity contribution in [3.63, 3.8) is 0 Å². The van der Waals surface area contributed by atoms with Gasteiger partial charge in [0.15, 0.2) is 0 Å². The van der Waals surface area contributed by atoms with E-state index in [0.29, 0.717) is 5.57 Å². The fourth-order valence-corrected chi connectivity index (χ4v) is 0.690. The summed E-state index contributed by atoms with van der Waals surface area (Å²) in [4.78, 5) is 10.6. The number of nitrogens with one attached hydrogen (secondary N) is 1. The van der Waals surface area contributed by atoms with E-state index in [1.807, 2.05) is 0 Å². The quantitative estimate of drug-likeness (QED) is 0.350. The third-order valence-electron chi connectivity index (χ3n) is 1.15.